The van der Waals surface area contributed by atoms with Gasteiger partial charge in [0.2, 0.25) is 0 Å². The zero-order valence-corrected chi connectivity index (χ0v) is 14.7. The van der Waals surface area contributed by atoms with Crippen LogP contribution in [-0.2, 0) is 6.18 Å². The van der Waals surface area contributed by atoms with Gasteiger partial charge in [-0.3, -0.25) is 0 Å². The van der Waals surface area contributed by atoms with E-state index < -0.39 is 11.7 Å². The normalized spacial score (nSPS) is 20.7. The molecule has 1 saturated heterocycles. The average molecular weight is 389 g/mol. The number of hydrogen-bond donors (Lipinski definition) is 2. The van der Waals surface area contributed by atoms with Crippen molar-refractivity contribution in [2.45, 2.75) is 12.1 Å². The minimum Gasteiger partial charge on any atom is -0.385 e. The summed E-state index contributed by atoms with van der Waals surface area (Å²) in [6.45, 7) is 2.32. The van der Waals surface area contributed by atoms with Crippen molar-refractivity contribution in [3.05, 3.63) is 63.6 Å². The third-order valence-corrected chi connectivity index (χ3v) is 5.23. The van der Waals surface area contributed by atoms with E-state index in [4.69, 9.17) is 23.2 Å². The standard InChI is InChI=1S/C18H17Cl2F3N2/c19-16-6-1-11(7-17(16)20)15-10-24-8-12(15)9-25-14-4-2-13(3-5-14)18(21,22)23/h1-7,12,15,24-25H,8-10H2. The molecule has 25 heavy (non-hydrogen) atoms. The van der Waals surface area contributed by atoms with Crippen LogP contribution >= 0.6 is 23.2 Å². The van der Waals surface area contributed by atoms with E-state index in [1.807, 2.05) is 12.1 Å². The van der Waals surface area contributed by atoms with E-state index in [2.05, 4.69) is 10.6 Å². The minimum absolute atomic E-state index is 0.275. The molecule has 0 aliphatic carbocycles. The van der Waals surface area contributed by atoms with Gasteiger partial charge < -0.3 is 10.6 Å². The molecule has 7 heteroatoms. The summed E-state index contributed by atoms with van der Waals surface area (Å²) in [5.74, 6) is 0.580. The van der Waals surface area contributed by atoms with Gasteiger partial charge in [-0.25, -0.2) is 0 Å². The highest BCUT2D eigenvalue weighted by Gasteiger charge is 2.30. The van der Waals surface area contributed by atoms with E-state index in [1.54, 1.807) is 6.07 Å². The Kier molecular flexibility index (Phi) is 5.46. The van der Waals surface area contributed by atoms with Crippen molar-refractivity contribution in [2.24, 2.45) is 5.92 Å². The minimum atomic E-state index is -4.31. The molecule has 1 aliphatic rings. The van der Waals surface area contributed by atoms with Crippen molar-refractivity contribution in [1.29, 1.82) is 0 Å². The molecule has 0 aromatic heterocycles. The highest BCUT2D eigenvalue weighted by molar-refractivity contribution is 6.42. The van der Waals surface area contributed by atoms with Crippen molar-refractivity contribution in [3.63, 3.8) is 0 Å². The van der Waals surface area contributed by atoms with E-state index in [-0.39, 0.29) is 5.92 Å². The van der Waals surface area contributed by atoms with Crippen LogP contribution in [0.4, 0.5) is 18.9 Å². The van der Waals surface area contributed by atoms with Crippen molar-refractivity contribution in [1.82, 2.24) is 5.32 Å². The van der Waals surface area contributed by atoms with Crippen molar-refractivity contribution < 1.29 is 13.2 Å². The van der Waals surface area contributed by atoms with Crippen LogP contribution in [-0.4, -0.2) is 19.6 Å². The smallest absolute Gasteiger partial charge is 0.385 e. The fourth-order valence-corrected chi connectivity index (χ4v) is 3.41. The van der Waals surface area contributed by atoms with Crippen LogP contribution in [0.25, 0.3) is 0 Å². The largest absolute Gasteiger partial charge is 0.416 e. The second kappa shape index (κ2) is 7.44. The van der Waals surface area contributed by atoms with Gasteiger partial charge in [-0.2, -0.15) is 13.2 Å². The first-order valence-electron chi connectivity index (χ1n) is 7.91. The number of hydrogen-bond acceptors (Lipinski definition) is 2. The first kappa shape index (κ1) is 18.4. The van der Waals surface area contributed by atoms with Crippen molar-refractivity contribution in [3.8, 4) is 0 Å². The van der Waals surface area contributed by atoms with Gasteiger partial charge >= 0.3 is 6.18 Å². The van der Waals surface area contributed by atoms with Crippen LogP contribution in [0.2, 0.25) is 10.0 Å². The number of nitrogens with one attached hydrogen (secondary N) is 2. The Morgan fingerprint density at radius 2 is 1.72 bits per heavy atom. The number of anilines is 1. The lowest BCUT2D eigenvalue weighted by Gasteiger charge is -2.20. The molecule has 2 unspecified atom stereocenters. The van der Waals surface area contributed by atoms with Gasteiger partial charge in [-0.15, -0.1) is 0 Å². The summed E-state index contributed by atoms with van der Waals surface area (Å²) < 4.78 is 37.8. The first-order chi connectivity index (χ1) is 11.8. The Morgan fingerprint density at radius 3 is 2.36 bits per heavy atom. The topological polar surface area (TPSA) is 24.1 Å². The fourth-order valence-electron chi connectivity index (χ4n) is 3.11. The number of halogens is 5. The SMILES string of the molecule is FC(F)(F)c1ccc(NCC2CNCC2c2ccc(Cl)c(Cl)c2)cc1. The Morgan fingerprint density at radius 1 is 1.00 bits per heavy atom. The summed E-state index contributed by atoms with van der Waals surface area (Å²) in [6.07, 6.45) is -4.31. The Hall–Kier alpha value is -1.43. The molecule has 2 N–H and O–H groups in total. The molecular formula is C18H17Cl2F3N2. The first-order valence-corrected chi connectivity index (χ1v) is 8.67. The van der Waals surface area contributed by atoms with E-state index in [0.29, 0.717) is 28.2 Å². The highest BCUT2D eigenvalue weighted by atomic mass is 35.5. The molecule has 1 fully saturated rings. The Balaban J connectivity index is 1.65. The van der Waals surface area contributed by atoms with Crippen molar-refractivity contribution >= 4 is 28.9 Å². The van der Waals surface area contributed by atoms with Gasteiger partial charge in [-0.05, 0) is 47.9 Å². The van der Waals surface area contributed by atoms with Gasteiger partial charge in [0.1, 0.15) is 0 Å². The molecule has 2 aromatic rings. The predicted octanol–water partition coefficient (Wildman–Crippen LogP) is 5.43. The molecule has 0 amide bonds. The molecule has 0 spiro atoms. The quantitative estimate of drug-likeness (QED) is 0.729. The molecule has 0 radical (unpaired) electrons. The lowest BCUT2D eigenvalue weighted by molar-refractivity contribution is -0.137. The van der Waals surface area contributed by atoms with Gasteiger partial charge in [0.05, 0.1) is 15.6 Å². The zero-order chi connectivity index (χ0) is 18.0. The highest BCUT2D eigenvalue weighted by Crippen LogP contribution is 2.33. The molecule has 2 atom stereocenters. The van der Waals surface area contributed by atoms with Gasteiger partial charge in [-0.1, -0.05) is 29.3 Å². The van der Waals surface area contributed by atoms with Gasteiger partial charge in [0, 0.05) is 31.2 Å². The fraction of sp³-hybridized carbons (Fsp3) is 0.333. The summed E-state index contributed by atoms with van der Waals surface area (Å²) in [5.41, 5.74) is 1.14. The summed E-state index contributed by atoms with van der Waals surface area (Å²) in [5, 5.41) is 7.63. The molecule has 1 heterocycles. The summed E-state index contributed by atoms with van der Waals surface area (Å²) in [7, 11) is 0. The van der Waals surface area contributed by atoms with Crippen LogP contribution in [0.5, 0.6) is 0 Å². The maximum absolute atomic E-state index is 12.6. The van der Waals surface area contributed by atoms with E-state index >= 15 is 0 Å². The molecule has 1 aliphatic heterocycles. The molecule has 3 rings (SSSR count). The van der Waals surface area contributed by atoms with E-state index in [1.165, 1.54) is 12.1 Å². The van der Waals surface area contributed by atoms with Crippen LogP contribution in [0.3, 0.4) is 0 Å². The molecule has 2 aromatic carbocycles. The maximum Gasteiger partial charge on any atom is 0.416 e. The third kappa shape index (κ3) is 4.40. The second-order valence-corrected chi connectivity index (χ2v) is 6.97. The zero-order valence-electron chi connectivity index (χ0n) is 13.2. The number of alkyl halides is 3. The van der Waals surface area contributed by atoms with Gasteiger partial charge in [0.15, 0.2) is 0 Å². The third-order valence-electron chi connectivity index (χ3n) is 4.49. The van der Waals surface area contributed by atoms with Crippen LogP contribution in [0, 0.1) is 5.92 Å². The predicted molar refractivity (Wildman–Crippen MR) is 95.5 cm³/mol. The summed E-state index contributed by atoms with van der Waals surface area (Å²) in [4.78, 5) is 0. The molecule has 134 valence electrons. The molecule has 0 bridgehead atoms. The monoisotopic (exact) mass is 388 g/mol. The van der Waals surface area contributed by atoms with Crippen LogP contribution < -0.4 is 10.6 Å². The van der Waals surface area contributed by atoms with Crippen LogP contribution in [0.15, 0.2) is 42.5 Å². The maximum atomic E-state index is 12.6. The average Bonchev–Trinajstić information content (AvgIpc) is 3.03. The number of benzene rings is 2. The second-order valence-electron chi connectivity index (χ2n) is 6.15. The summed E-state index contributed by atoms with van der Waals surface area (Å²) >= 11 is 12.1. The van der Waals surface area contributed by atoms with E-state index in [9.17, 15) is 13.2 Å². The van der Waals surface area contributed by atoms with Crippen LogP contribution in [0.1, 0.15) is 17.0 Å². The number of rotatable bonds is 4. The Bertz CT molecular complexity index is 732. The lowest BCUT2D eigenvalue weighted by Crippen LogP contribution is -2.21. The molecule has 0 saturated carbocycles. The lowest BCUT2D eigenvalue weighted by atomic mass is 9.89. The van der Waals surface area contributed by atoms with E-state index in [0.717, 1.165) is 30.8 Å². The van der Waals surface area contributed by atoms with Crippen molar-refractivity contribution in [2.75, 3.05) is 25.0 Å². The molecule has 2 nitrogen and oxygen atoms in total. The summed E-state index contributed by atoms with van der Waals surface area (Å²) in [6, 6.07) is 10.7. The molecular weight excluding hydrogens is 372 g/mol. The Labute approximate surface area is 154 Å². The van der Waals surface area contributed by atoms with Gasteiger partial charge in [0.25, 0.3) is 0 Å².